The summed E-state index contributed by atoms with van der Waals surface area (Å²) < 4.78 is 13.9. The molecule has 1 aromatic heterocycles. The van der Waals surface area contributed by atoms with Crippen LogP contribution in [-0.4, -0.2) is 47.9 Å². The zero-order chi connectivity index (χ0) is 27.1. The molecule has 0 unspecified atom stereocenters. The number of likely N-dealkylation sites (N-methyl/N-ethyl adjacent to an activating group) is 1. The average Bonchev–Trinajstić information content (AvgIpc) is 3.14. The standard InChI is InChI=1S/C30H29ClN2O5/c1-17-12-28(37-16-21-15-32(4)26-7-5-6-8-27(26)38-21)18(2)11-22(17)30(36)33-19(3)23(14-29(34)35)24-13-20(31)9-10-25(24)33/h5-13,21H,14-16H2,1-4H3,(H,34,35)/t21-/m0/s1. The van der Waals surface area contributed by atoms with E-state index in [4.69, 9.17) is 21.1 Å². The second kappa shape index (κ2) is 10.1. The van der Waals surface area contributed by atoms with Crippen molar-refractivity contribution >= 4 is 40.1 Å². The van der Waals surface area contributed by atoms with Crippen molar-refractivity contribution < 1.29 is 24.2 Å². The van der Waals surface area contributed by atoms with Gasteiger partial charge in [-0.25, -0.2) is 0 Å². The molecule has 0 saturated heterocycles. The molecule has 0 amide bonds. The Bertz CT molecular complexity index is 1570. The molecule has 1 aliphatic heterocycles. The lowest BCUT2D eigenvalue weighted by molar-refractivity contribution is -0.136. The Balaban J connectivity index is 1.41. The number of anilines is 1. The van der Waals surface area contributed by atoms with Gasteiger partial charge in [-0.05, 0) is 79.9 Å². The number of benzene rings is 3. The number of aliphatic carboxylic acids is 1. The zero-order valence-electron chi connectivity index (χ0n) is 21.7. The highest BCUT2D eigenvalue weighted by molar-refractivity contribution is 6.31. The van der Waals surface area contributed by atoms with Crippen molar-refractivity contribution in [2.24, 2.45) is 0 Å². The van der Waals surface area contributed by atoms with Gasteiger partial charge >= 0.3 is 5.97 Å². The van der Waals surface area contributed by atoms with Crippen LogP contribution in [0.1, 0.15) is 32.7 Å². The number of carbonyl (C=O) groups is 2. The van der Waals surface area contributed by atoms with Crippen LogP contribution in [0.3, 0.4) is 0 Å². The van der Waals surface area contributed by atoms with Gasteiger partial charge in [-0.1, -0.05) is 23.7 Å². The van der Waals surface area contributed by atoms with Crippen LogP contribution in [0.15, 0.2) is 54.6 Å². The monoisotopic (exact) mass is 532 g/mol. The van der Waals surface area contributed by atoms with Crippen LogP contribution in [0.2, 0.25) is 5.02 Å². The maximum absolute atomic E-state index is 13.8. The van der Waals surface area contributed by atoms with E-state index in [0.29, 0.717) is 51.6 Å². The van der Waals surface area contributed by atoms with Gasteiger partial charge in [0.25, 0.3) is 5.91 Å². The van der Waals surface area contributed by atoms with E-state index in [1.165, 1.54) is 0 Å². The number of aromatic nitrogens is 1. The summed E-state index contributed by atoms with van der Waals surface area (Å²) in [5.74, 6) is 0.329. The van der Waals surface area contributed by atoms with Gasteiger partial charge in [0.15, 0.2) is 0 Å². The van der Waals surface area contributed by atoms with E-state index in [2.05, 4.69) is 4.90 Å². The van der Waals surface area contributed by atoms with Gasteiger partial charge < -0.3 is 19.5 Å². The van der Waals surface area contributed by atoms with Crippen molar-refractivity contribution in [3.8, 4) is 11.5 Å². The molecule has 1 atom stereocenters. The summed E-state index contributed by atoms with van der Waals surface area (Å²) in [6.45, 7) is 6.62. The molecule has 8 heteroatoms. The van der Waals surface area contributed by atoms with Gasteiger partial charge in [0.2, 0.25) is 0 Å². The Morgan fingerprint density at radius 1 is 1.08 bits per heavy atom. The predicted molar refractivity (Wildman–Crippen MR) is 148 cm³/mol. The first-order valence-corrected chi connectivity index (χ1v) is 12.8. The molecule has 5 rings (SSSR count). The molecule has 38 heavy (non-hydrogen) atoms. The number of aryl methyl sites for hydroxylation is 2. The van der Waals surface area contributed by atoms with Crippen molar-refractivity contribution in [1.82, 2.24) is 4.57 Å². The van der Waals surface area contributed by atoms with E-state index in [1.54, 1.807) is 29.7 Å². The molecule has 1 N–H and O–H groups in total. The summed E-state index contributed by atoms with van der Waals surface area (Å²) in [5.41, 5.74) is 4.96. The number of carboxylic acids is 1. The molecule has 0 bridgehead atoms. The molecule has 0 spiro atoms. The van der Waals surface area contributed by atoms with E-state index < -0.39 is 5.97 Å². The molecule has 1 aliphatic rings. The highest BCUT2D eigenvalue weighted by atomic mass is 35.5. The maximum atomic E-state index is 13.8. The molecule has 3 aromatic carbocycles. The first kappa shape index (κ1) is 25.7. The summed E-state index contributed by atoms with van der Waals surface area (Å²) in [7, 11) is 2.03. The fraction of sp³-hybridized carbons (Fsp3) is 0.267. The van der Waals surface area contributed by atoms with Gasteiger partial charge in [-0.2, -0.15) is 0 Å². The summed E-state index contributed by atoms with van der Waals surface area (Å²) >= 11 is 6.20. The minimum absolute atomic E-state index is 0.135. The van der Waals surface area contributed by atoms with Gasteiger partial charge in [0, 0.05) is 28.7 Å². The van der Waals surface area contributed by atoms with E-state index in [1.807, 2.05) is 57.3 Å². The quantitative estimate of drug-likeness (QED) is 0.337. The number of nitrogens with zero attached hydrogens (tertiary/aromatic N) is 2. The number of hydrogen-bond donors (Lipinski definition) is 1. The largest absolute Gasteiger partial charge is 0.489 e. The molecule has 0 radical (unpaired) electrons. The molecule has 7 nitrogen and oxygen atoms in total. The van der Waals surface area contributed by atoms with Crippen LogP contribution in [-0.2, 0) is 11.2 Å². The minimum atomic E-state index is -0.968. The van der Waals surface area contributed by atoms with E-state index >= 15 is 0 Å². The van der Waals surface area contributed by atoms with Crippen LogP contribution in [0.4, 0.5) is 5.69 Å². The van der Waals surface area contributed by atoms with E-state index in [0.717, 1.165) is 22.6 Å². The summed E-state index contributed by atoms with van der Waals surface area (Å²) in [6, 6.07) is 16.8. The minimum Gasteiger partial charge on any atom is -0.489 e. The molecule has 4 aromatic rings. The van der Waals surface area contributed by atoms with Crippen LogP contribution < -0.4 is 14.4 Å². The second-order valence-corrected chi connectivity index (χ2v) is 10.2. The zero-order valence-corrected chi connectivity index (χ0v) is 22.5. The Hall–Kier alpha value is -3.97. The molecule has 0 saturated carbocycles. The molecular weight excluding hydrogens is 504 g/mol. The first-order chi connectivity index (χ1) is 18.1. The number of carbonyl (C=O) groups excluding carboxylic acids is 1. The molecule has 0 fully saturated rings. The van der Waals surface area contributed by atoms with Crippen molar-refractivity contribution in [3.05, 3.63) is 87.6 Å². The van der Waals surface area contributed by atoms with Crippen LogP contribution in [0.25, 0.3) is 10.9 Å². The number of fused-ring (bicyclic) bond motifs is 2. The number of rotatable bonds is 6. The van der Waals surface area contributed by atoms with Crippen LogP contribution in [0, 0.1) is 20.8 Å². The number of carboxylic acid groups (broad SMARTS) is 1. The van der Waals surface area contributed by atoms with Crippen molar-refractivity contribution in [1.29, 1.82) is 0 Å². The molecule has 2 heterocycles. The number of ether oxygens (including phenoxy) is 2. The number of halogens is 1. The number of hydrogen-bond acceptors (Lipinski definition) is 5. The molecular formula is C30H29ClN2O5. The average molecular weight is 533 g/mol. The third kappa shape index (κ3) is 4.70. The lowest BCUT2D eigenvalue weighted by Crippen LogP contribution is -2.41. The van der Waals surface area contributed by atoms with Gasteiger partial charge in [0.05, 0.1) is 24.2 Å². The van der Waals surface area contributed by atoms with Gasteiger partial charge in [0.1, 0.15) is 24.2 Å². The van der Waals surface area contributed by atoms with Crippen molar-refractivity contribution in [2.75, 3.05) is 25.1 Å². The third-order valence-corrected chi connectivity index (χ3v) is 7.29. The highest BCUT2D eigenvalue weighted by Gasteiger charge is 2.25. The maximum Gasteiger partial charge on any atom is 0.307 e. The second-order valence-electron chi connectivity index (χ2n) is 9.77. The normalized spacial score (nSPS) is 14.8. The Morgan fingerprint density at radius 2 is 1.84 bits per heavy atom. The summed E-state index contributed by atoms with van der Waals surface area (Å²) in [5, 5.41) is 10.6. The predicted octanol–water partition coefficient (Wildman–Crippen LogP) is 5.81. The molecule has 196 valence electrons. The Labute approximate surface area is 226 Å². The first-order valence-electron chi connectivity index (χ1n) is 12.4. The third-order valence-electron chi connectivity index (χ3n) is 7.05. The summed E-state index contributed by atoms with van der Waals surface area (Å²) in [6.07, 6.45) is -0.333. The topological polar surface area (TPSA) is 81.0 Å². The number of para-hydroxylation sites is 2. The van der Waals surface area contributed by atoms with Crippen molar-refractivity contribution in [3.63, 3.8) is 0 Å². The SMILES string of the molecule is Cc1cc(C(=O)n2c(C)c(CC(=O)O)c3cc(Cl)ccc32)c(C)cc1OC[C@@H]1CN(C)c2ccccc2O1. The van der Waals surface area contributed by atoms with Crippen molar-refractivity contribution in [2.45, 2.75) is 33.3 Å². The van der Waals surface area contributed by atoms with E-state index in [-0.39, 0.29) is 18.4 Å². The Kier molecular flexibility index (Phi) is 6.80. The van der Waals surface area contributed by atoms with Crippen LogP contribution >= 0.6 is 11.6 Å². The fourth-order valence-electron chi connectivity index (χ4n) is 5.15. The van der Waals surface area contributed by atoms with E-state index in [9.17, 15) is 14.7 Å². The molecule has 0 aliphatic carbocycles. The fourth-order valence-corrected chi connectivity index (χ4v) is 5.32. The lowest BCUT2D eigenvalue weighted by atomic mass is 10.0. The smallest absolute Gasteiger partial charge is 0.307 e. The Morgan fingerprint density at radius 3 is 2.61 bits per heavy atom. The van der Waals surface area contributed by atoms with Gasteiger partial charge in [-0.3, -0.25) is 14.2 Å². The van der Waals surface area contributed by atoms with Crippen LogP contribution in [0.5, 0.6) is 11.5 Å². The van der Waals surface area contributed by atoms with Gasteiger partial charge in [-0.15, -0.1) is 0 Å². The summed E-state index contributed by atoms with van der Waals surface area (Å²) in [4.78, 5) is 27.5. The highest BCUT2D eigenvalue weighted by Crippen LogP contribution is 2.33. The lowest BCUT2D eigenvalue weighted by Gasteiger charge is -2.33.